The first-order valence-electron chi connectivity index (χ1n) is 10.4. The highest BCUT2D eigenvalue weighted by atomic mass is 31.2. The van der Waals surface area contributed by atoms with Crippen molar-refractivity contribution in [3.05, 3.63) is 96.2 Å². The van der Waals surface area contributed by atoms with Gasteiger partial charge in [0.25, 0.3) is 0 Å². The van der Waals surface area contributed by atoms with Gasteiger partial charge in [-0.2, -0.15) is 0 Å². The lowest BCUT2D eigenvalue weighted by Gasteiger charge is -2.16. The van der Waals surface area contributed by atoms with Crippen LogP contribution in [0, 0.1) is 0 Å². The molecule has 0 unspecified atom stereocenters. The van der Waals surface area contributed by atoms with Gasteiger partial charge in [-0.05, 0) is 28.8 Å². The van der Waals surface area contributed by atoms with E-state index >= 15 is 0 Å². The lowest BCUT2D eigenvalue weighted by atomic mass is 10.00. The van der Waals surface area contributed by atoms with Gasteiger partial charge in [0.2, 0.25) is 0 Å². The van der Waals surface area contributed by atoms with Gasteiger partial charge in [0.15, 0.2) is 5.78 Å². The lowest BCUT2D eigenvalue weighted by molar-refractivity contribution is 0.0999. The average Bonchev–Trinajstić information content (AvgIpc) is 2.87. The van der Waals surface area contributed by atoms with Gasteiger partial charge in [-0.15, -0.1) is 0 Å². The second-order valence-corrected chi connectivity index (χ2v) is 9.67. The standard InChI is InChI=1S/C26H24NO5P/c1-30-33(29,31-2)18-24(28)26-25(32-17-19-10-5-3-6-11-19)16-22-21(14-9-15-23(22)27-26)20-12-7-4-8-13-20/h3-16H,17-18H2,1-2H3. The molecule has 1 heterocycles. The van der Waals surface area contributed by atoms with Gasteiger partial charge in [-0.3, -0.25) is 9.36 Å². The summed E-state index contributed by atoms with van der Waals surface area (Å²) in [7, 11) is -1.05. The first-order chi connectivity index (χ1) is 16.0. The Morgan fingerprint density at radius 2 is 1.55 bits per heavy atom. The van der Waals surface area contributed by atoms with Gasteiger partial charge in [0.05, 0.1) is 5.52 Å². The number of pyridine rings is 1. The lowest BCUT2D eigenvalue weighted by Crippen LogP contribution is -2.13. The van der Waals surface area contributed by atoms with E-state index in [0.717, 1.165) is 22.1 Å². The Hall–Kier alpha value is -3.31. The summed E-state index contributed by atoms with van der Waals surface area (Å²) in [5.74, 6) is -0.157. The second kappa shape index (κ2) is 10.1. The van der Waals surface area contributed by atoms with Crippen molar-refractivity contribution in [2.24, 2.45) is 0 Å². The van der Waals surface area contributed by atoms with Crippen LogP contribution in [0.1, 0.15) is 16.1 Å². The summed E-state index contributed by atoms with van der Waals surface area (Å²) in [6.07, 6.45) is -0.432. The predicted molar refractivity (Wildman–Crippen MR) is 129 cm³/mol. The van der Waals surface area contributed by atoms with Gasteiger partial charge >= 0.3 is 7.60 Å². The minimum atomic E-state index is -3.56. The van der Waals surface area contributed by atoms with Crippen LogP contribution in [0.2, 0.25) is 0 Å². The number of ether oxygens (including phenoxy) is 1. The van der Waals surface area contributed by atoms with Crippen molar-refractivity contribution in [2.75, 3.05) is 20.4 Å². The van der Waals surface area contributed by atoms with Crippen molar-refractivity contribution >= 4 is 24.3 Å². The molecule has 4 rings (SSSR count). The predicted octanol–water partition coefficient (Wildman–Crippen LogP) is 6.15. The van der Waals surface area contributed by atoms with E-state index in [2.05, 4.69) is 4.98 Å². The van der Waals surface area contributed by atoms with Crippen LogP contribution >= 0.6 is 7.60 Å². The Kier molecular flexibility index (Phi) is 6.99. The van der Waals surface area contributed by atoms with Crippen molar-refractivity contribution < 1.29 is 23.1 Å². The Labute approximate surface area is 192 Å². The normalized spacial score (nSPS) is 11.5. The zero-order valence-electron chi connectivity index (χ0n) is 18.4. The van der Waals surface area contributed by atoms with E-state index in [9.17, 15) is 9.36 Å². The number of rotatable bonds is 9. The van der Waals surface area contributed by atoms with E-state index in [1.54, 1.807) is 0 Å². The number of hydrogen-bond acceptors (Lipinski definition) is 6. The minimum absolute atomic E-state index is 0.0953. The van der Waals surface area contributed by atoms with Crippen LogP contribution < -0.4 is 4.74 Å². The molecule has 0 aliphatic heterocycles. The SMILES string of the molecule is COP(=O)(CC(=O)c1nc2cccc(-c3ccccc3)c2cc1OCc1ccccc1)OC. The molecule has 0 aliphatic carbocycles. The second-order valence-electron chi connectivity index (χ2n) is 7.41. The van der Waals surface area contributed by atoms with Crippen LogP contribution in [0.25, 0.3) is 22.0 Å². The smallest absolute Gasteiger partial charge is 0.337 e. The molecule has 0 fully saturated rings. The Morgan fingerprint density at radius 1 is 0.879 bits per heavy atom. The number of carbonyl (C=O) groups excluding carboxylic acids is 1. The molecular weight excluding hydrogens is 437 g/mol. The van der Waals surface area contributed by atoms with Gasteiger partial charge < -0.3 is 13.8 Å². The van der Waals surface area contributed by atoms with Crippen LogP contribution in [-0.4, -0.2) is 31.1 Å². The maximum absolute atomic E-state index is 13.1. The monoisotopic (exact) mass is 461 g/mol. The molecule has 0 amide bonds. The summed E-state index contributed by atoms with van der Waals surface area (Å²) in [5, 5.41) is 0.852. The molecule has 0 saturated carbocycles. The zero-order valence-corrected chi connectivity index (χ0v) is 19.3. The maximum atomic E-state index is 13.1. The quantitative estimate of drug-likeness (QED) is 0.220. The van der Waals surface area contributed by atoms with Crippen molar-refractivity contribution in [2.45, 2.75) is 6.61 Å². The van der Waals surface area contributed by atoms with Gasteiger partial charge in [0, 0.05) is 19.6 Å². The molecule has 0 N–H and O–H groups in total. The molecule has 33 heavy (non-hydrogen) atoms. The molecule has 0 radical (unpaired) electrons. The van der Waals surface area contributed by atoms with E-state index in [-0.39, 0.29) is 12.3 Å². The number of hydrogen-bond donors (Lipinski definition) is 0. The molecule has 0 aliphatic rings. The number of ketones is 1. The Balaban J connectivity index is 1.81. The fourth-order valence-corrected chi connectivity index (χ4v) is 4.45. The topological polar surface area (TPSA) is 74.7 Å². The summed E-state index contributed by atoms with van der Waals surface area (Å²) < 4.78 is 28.6. The summed E-state index contributed by atoms with van der Waals surface area (Å²) in [4.78, 5) is 17.8. The van der Waals surface area contributed by atoms with Crippen LogP contribution in [0.4, 0.5) is 0 Å². The third-order valence-corrected chi connectivity index (χ3v) is 7.09. The first kappa shape index (κ1) is 22.9. The van der Waals surface area contributed by atoms with Gasteiger partial charge in [-0.25, -0.2) is 4.98 Å². The molecule has 0 bridgehead atoms. The number of benzene rings is 3. The third kappa shape index (κ3) is 5.20. The molecule has 7 heteroatoms. The number of nitrogens with zero attached hydrogens (tertiary/aromatic N) is 1. The molecule has 0 saturated heterocycles. The Bertz CT molecular complexity index is 1300. The number of fused-ring (bicyclic) bond motifs is 1. The van der Waals surface area contributed by atoms with Crippen LogP contribution in [0.5, 0.6) is 5.75 Å². The highest BCUT2D eigenvalue weighted by Gasteiger charge is 2.29. The van der Waals surface area contributed by atoms with Crippen LogP contribution in [-0.2, 0) is 20.2 Å². The molecule has 0 atom stereocenters. The number of Topliss-reactive ketones (excluding diaryl/α,β-unsaturated/α-hetero) is 1. The molecular formula is C26H24NO5P. The van der Waals surface area contributed by atoms with Crippen molar-refractivity contribution in [1.82, 2.24) is 4.98 Å². The van der Waals surface area contributed by atoms with E-state index in [4.69, 9.17) is 13.8 Å². The van der Waals surface area contributed by atoms with E-state index in [0.29, 0.717) is 11.3 Å². The summed E-state index contributed by atoms with van der Waals surface area (Å²) in [6.45, 7) is 0.258. The zero-order chi connectivity index (χ0) is 23.3. The van der Waals surface area contributed by atoms with E-state index in [1.165, 1.54) is 14.2 Å². The summed E-state index contributed by atoms with van der Waals surface area (Å²) in [5.41, 5.74) is 3.69. The van der Waals surface area contributed by atoms with Crippen molar-refractivity contribution in [3.8, 4) is 16.9 Å². The fourth-order valence-electron chi connectivity index (χ4n) is 3.55. The molecule has 168 valence electrons. The van der Waals surface area contributed by atoms with Crippen molar-refractivity contribution in [1.29, 1.82) is 0 Å². The maximum Gasteiger partial charge on any atom is 0.337 e. The molecule has 3 aromatic carbocycles. The highest BCUT2D eigenvalue weighted by Crippen LogP contribution is 2.47. The Morgan fingerprint density at radius 3 is 2.21 bits per heavy atom. The largest absolute Gasteiger partial charge is 0.486 e. The fraction of sp³-hybridized carbons (Fsp3) is 0.154. The van der Waals surface area contributed by atoms with Gasteiger partial charge in [0.1, 0.15) is 24.2 Å². The summed E-state index contributed by atoms with van der Waals surface area (Å²) in [6, 6.07) is 27.2. The van der Waals surface area contributed by atoms with E-state index < -0.39 is 19.5 Å². The van der Waals surface area contributed by atoms with Crippen LogP contribution in [0.3, 0.4) is 0 Å². The summed E-state index contributed by atoms with van der Waals surface area (Å²) >= 11 is 0. The molecule has 6 nitrogen and oxygen atoms in total. The van der Waals surface area contributed by atoms with Gasteiger partial charge in [-0.1, -0.05) is 72.8 Å². The van der Waals surface area contributed by atoms with E-state index in [1.807, 2.05) is 84.9 Å². The molecule has 0 spiro atoms. The molecule has 4 aromatic rings. The minimum Gasteiger partial charge on any atom is -0.486 e. The highest BCUT2D eigenvalue weighted by molar-refractivity contribution is 7.54. The molecule has 1 aromatic heterocycles. The van der Waals surface area contributed by atoms with Crippen molar-refractivity contribution in [3.63, 3.8) is 0 Å². The van der Waals surface area contributed by atoms with Crippen LogP contribution in [0.15, 0.2) is 84.9 Å². The number of carbonyl (C=O) groups is 1. The third-order valence-electron chi connectivity index (χ3n) is 5.30. The first-order valence-corrected chi connectivity index (χ1v) is 12.2. The number of aromatic nitrogens is 1. The average molecular weight is 461 g/mol.